The predicted molar refractivity (Wildman–Crippen MR) is 129 cm³/mol. The van der Waals surface area contributed by atoms with Crippen molar-refractivity contribution in [2.45, 2.75) is 6.61 Å². The van der Waals surface area contributed by atoms with Crippen LogP contribution < -0.4 is 10.1 Å². The molecular formula is C23H15Cl2IN2O2. The maximum absolute atomic E-state index is 12.4. The summed E-state index contributed by atoms with van der Waals surface area (Å²) in [7, 11) is 0. The number of carbonyl (C=O) groups excluding carboxylic acids is 1. The first kappa shape index (κ1) is 22.2. The Kier molecular flexibility index (Phi) is 7.75. The van der Waals surface area contributed by atoms with Crippen molar-refractivity contribution in [2.75, 3.05) is 5.32 Å². The number of carbonyl (C=O) groups is 1. The molecule has 3 aromatic carbocycles. The van der Waals surface area contributed by atoms with E-state index in [0.717, 1.165) is 14.7 Å². The third kappa shape index (κ3) is 6.23. The molecule has 0 fully saturated rings. The SMILES string of the molecule is N#C/C(=C/c1ccc(OCc2ccc(Cl)cc2)c(I)c1)C(=O)Nc1ccc(Cl)cc1. The second-order valence-corrected chi connectivity index (χ2v) is 8.27. The minimum Gasteiger partial charge on any atom is -0.488 e. The fourth-order valence-corrected chi connectivity index (χ4v) is 3.46. The summed E-state index contributed by atoms with van der Waals surface area (Å²) in [5.41, 5.74) is 2.28. The second-order valence-electron chi connectivity index (χ2n) is 6.24. The first-order chi connectivity index (χ1) is 14.4. The highest BCUT2D eigenvalue weighted by Crippen LogP contribution is 2.25. The molecule has 1 N–H and O–H groups in total. The highest BCUT2D eigenvalue weighted by molar-refractivity contribution is 14.1. The van der Waals surface area contributed by atoms with E-state index in [4.69, 9.17) is 27.9 Å². The zero-order chi connectivity index (χ0) is 21.5. The van der Waals surface area contributed by atoms with Crippen LogP contribution in [-0.4, -0.2) is 5.91 Å². The van der Waals surface area contributed by atoms with Crippen LogP contribution in [0.3, 0.4) is 0 Å². The van der Waals surface area contributed by atoms with E-state index in [0.29, 0.717) is 28.1 Å². The number of nitrogens with zero attached hydrogens (tertiary/aromatic N) is 1. The van der Waals surface area contributed by atoms with Gasteiger partial charge in [0.25, 0.3) is 5.91 Å². The first-order valence-corrected chi connectivity index (χ1v) is 10.6. The molecule has 4 nitrogen and oxygen atoms in total. The lowest BCUT2D eigenvalue weighted by atomic mass is 10.1. The minimum atomic E-state index is -0.488. The van der Waals surface area contributed by atoms with Crippen molar-refractivity contribution < 1.29 is 9.53 Å². The molecule has 30 heavy (non-hydrogen) atoms. The Morgan fingerprint density at radius 2 is 1.67 bits per heavy atom. The van der Waals surface area contributed by atoms with E-state index in [-0.39, 0.29) is 5.57 Å². The molecule has 0 aliphatic rings. The van der Waals surface area contributed by atoms with Gasteiger partial charge >= 0.3 is 0 Å². The maximum Gasteiger partial charge on any atom is 0.266 e. The van der Waals surface area contributed by atoms with E-state index in [1.165, 1.54) is 6.08 Å². The average Bonchev–Trinajstić information content (AvgIpc) is 2.74. The van der Waals surface area contributed by atoms with E-state index in [1.54, 1.807) is 30.3 Å². The van der Waals surface area contributed by atoms with E-state index in [1.807, 2.05) is 42.5 Å². The topological polar surface area (TPSA) is 62.1 Å². The van der Waals surface area contributed by atoms with Gasteiger partial charge in [0, 0.05) is 15.7 Å². The highest BCUT2D eigenvalue weighted by Gasteiger charge is 2.10. The van der Waals surface area contributed by atoms with Crippen molar-refractivity contribution in [2.24, 2.45) is 0 Å². The number of ether oxygens (including phenoxy) is 1. The Balaban J connectivity index is 1.69. The Hall–Kier alpha value is -2.53. The molecule has 0 bridgehead atoms. The smallest absolute Gasteiger partial charge is 0.266 e. The lowest BCUT2D eigenvalue weighted by molar-refractivity contribution is -0.112. The summed E-state index contributed by atoms with van der Waals surface area (Å²) in [6.45, 7) is 0.412. The van der Waals surface area contributed by atoms with Crippen LogP contribution in [0.15, 0.2) is 72.3 Å². The largest absolute Gasteiger partial charge is 0.488 e. The summed E-state index contributed by atoms with van der Waals surface area (Å²) in [6, 6.07) is 21.5. The van der Waals surface area contributed by atoms with Crippen molar-refractivity contribution in [3.63, 3.8) is 0 Å². The third-order valence-electron chi connectivity index (χ3n) is 4.04. The summed E-state index contributed by atoms with van der Waals surface area (Å²) in [5, 5.41) is 13.3. The molecule has 0 saturated heterocycles. The van der Waals surface area contributed by atoms with Crippen LogP contribution in [-0.2, 0) is 11.4 Å². The molecule has 1 amide bonds. The molecule has 0 aliphatic heterocycles. The molecule has 0 heterocycles. The summed E-state index contributed by atoms with van der Waals surface area (Å²) in [5.74, 6) is 0.227. The van der Waals surface area contributed by atoms with Crippen LogP contribution in [0.4, 0.5) is 5.69 Å². The van der Waals surface area contributed by atoms with Crippen LogP contribution in [0.2, 0.25) is 10.0 Å². The van der Waals surface area contributed by atoms with Gasteiger partial charge in [0.2, 0.25) is 0 Å². The van der Waals surface area contributed by atoms with Gasteiger partial charge in [0.15, 0.2) is 0 Å². The molecule has 0 aliphatic carbocycles. The Morgan fingerprint density at radius 1 is 1.03 bits per heavy atom. The predicted octanol–water partition coefficient (Wildman–Crippen LogP) is 6.72. The molecule has 7 heteroatoms. The van der Waals surface area contributed by atoms with Gasteiger partial charge < -0.3 is 10.1 Å². The molecule has 0 spiro atoms. The van der Waals surface area contributed by atoms with Crippen LogP contribution in [0.25, 0.3) is 6.08 Å². The van der Waals surface area contributed by atoms with Gasteiger partial charge in [-0.1, -0.05) is 41.4 Å². The van der Waals surface area contributed by atoms with Gasteiger partial charge in [-0.05, 0) is 88.3 Å². The molecule has 0 atom stereocenters. The molecule has 3 rings (SSSR count). The van der Waals surface area contributed by atoms with Crippen molar-refractivity contribution in [3.05, 3.63) is 97.0 Å². The van der Waals surface area contributed by atoms with E-state index in [2.05, 4.69) is 27.9 Å². The zero-order valence-corrected chi connectivity index (χ0v) is 19.2. The molecule has 150 valence electrons. The standard InChI is InChI=1S/C23H15Cl2IN2O2/c24-18-4-1-15(2-5-18)14-30-22-10-3-16(12-21(22)26)11-17(13-27)23(29)28-20-8-6-19(25)7-9-20/h1-12H,14H2,(H,28,29)/b17-11-. The van der Waals surface area contributed by atoms with Crippen LogP contribution >= 0.6 is 45.8 Å². The average molecular weight is 549 g/mol. The van der Waals surface area contributed by atoms with Gasteiger partial charge in [-0.15, -0.1) is 0 Å². The quantitative estimate of drug-likeness (QED) is 0.211. The van der Waals surface area contributed by atoms with E-state index >= 15 is 0 Å². The van der Waals surface area contributed by atoms with E-state index < -0.39 is 5.91 Å². The maximum atomic E-state index is 12.4. The summed E-state index contributed by atoms with van der Waals surface area (Å²) in [4.78, 5) is 12.4. The monoisotopic (exact) mass is 548 g/mol. The van der Waals surface area contributed by atoms with Crippen LogP contribution in [0.5, 0.6) is 5.75 Å². The van der Waals surface area contributed by atoms with Gasteiger partial charge in [-0.25, -0.2) is 0 Å². The number of nitrogens with one attached hydrogen (secondary N) is 1. The lowest BCUT2D eigenvalue weighted by Crippen LogP contribution is -2.13. The fourth-order valence-electron chi connectivity index (χ4n) is 2.51. The number of halogens is 3. The Bertz CT molecular complexity index is 1120. The number of anilines is 1. The summed E-state index contributed by atoms with van der Waals surface area (Å²) in [6.07, 6.45) is 1.54. The molecule has 0 unspecified atom stereocenters. The minimum absolute atomic E-state index is 0.00409. The number of hydrogen-bond acceptors (Lipinski definition) is 3. The number of rotatable bonds is 6. The molecule has 0 radical (unpaired) electrons. The summed E-state index contributed by atoms with van der Waals surface area (Å²) < 4.78 is 6.73. The number of benzene rings is 3. The fraction of sp³-hybridized carbons (Fsp3) is 0.0435. The van der Waals surface area contributed by atoms with Crippen LogP contribution in [0, 0.1) is 14.9 Å². The number of hydrogen-bond donors (Lipinski definition) is 1. The second kappa shape index (κ2) is 10.5. The van der Waals surface area contributed by atoms with Crippen molar-refractivity contribution >= 4 is 63.5 Å². The number of nitriles is 1. The van der Waals surface area contributed by atoms with Crippen LogP contribution in [0.1, 0.15) is 11.1 Å². The van der Waals surface area contributed by atoms with Crippen molar-refractivity contribution in [1.29, 1.82) is 5.26 Å². The van der Waals surface area contributed by atoms with Gasteiger partial charge in [0.05, 0.1) is 3.57 Å². The van der Waals surface area contributed by atoms with Gasteiger partial charge in [-0.3, -0.25) is 4.79 Å². The Morgan fingerprint density at radius 3 is 2.27 bits per heavy atom. The normalized spacial score (nSPS) is 10.9. The van der Waals surface area contributed by atoms with Crippen molar-refractivity contribution in [3.8, 4) is 11.8 Å². The summed E-state index contributed by atoms with van der Waals surface area (Å²) >= 11 is 13.9. The molecular weight excluding hydrogens is 534 g/mol. The zero-order valence-electron chi connectivity index (χ0n) is 15.5. The Labute approximate surface area is 198 Å². The van der Waals surface area contributed by atoms with Gasteiger partial charge in [0.1, 0.15) is 24.0 Å². The molecule has 0 saturated carbocycles. The number of amides is 1. The lowest BCUT2D eigenvalue weighted by Gasteiger charge is -2.09. The molecule has 3 aromatic rings. The van der Waals surface area contributed by atoms with E-state index in [9.17, 15) is 10.1 Å². The highest BCUT2D eigenvalue weighted by atomic mass is 127. The molecule has 0 aromatic heterocycles. The first-order valence-electron chi connectivity index (χ1n) is 8.80. The van der Waals surface area contributed by atoms with Crippen molar-refractivity contribution in [1.82, 2.24) is 0 Å². The third-order valence-corrected chi connectivity index (χ3v) is 5.39. The van der Waals surface area contributed by atoms with Gasteiger partial charge in [-0.2, -0.15) is 5.26 Å².